The van der Waals surface area contributed by atoms with Crippen LogP contribution >= 0.6 is 0 Å². The number of nitrogens with two attached hydrogens (primary N) is 1. The first-order valence-electron chi connectivity index (χ1n) is 3.88. The molecular weight excluding hydrogens is 168 g/mol. The van der Waals surface area contributed by atoms with Gasteiger partial charge in [0.15, 0.2) is 5.65 Å². The predicted octanol–water partition coefficient (Wildman–Crippen LogP) is 0.0566. The van der Waals surface area contributed by atoms with Gasteiger partial charge in [0, 0.05) is 18.8 Å². The van der Waals surface area contributed by atoms with Crippen molar-refractivity contribution in [2.24, 2.45) is 0 Å². The fourth-order valence-electron chi connectivity index (χ4n) is 1.14. The highest BCUT2D eigenvalue weighted by atomic mass is 15.4. The van der Waals surface area contributed by atoms with Crippen molar-refractivity contribution in [3.05, 3.63) is 11.8 Å². The summed E-state index contributed by atoms with van der Waals surface area (Å²) in [6.45, 7) is 1.87. The van der Waals surface area contributed by atoms with E-state index in [1.165, 1.54) is 4.52 Å². The molecule has 13 heavy (non-hydrogen) atoms. The Morgan fingerprint density at radius 1 is 1.46 bits per heavy atom. The summed E-state index contributed by atoms with van der Waals surface area (Å²) in [6, 6.07) is 1.82. The summed E-state index contributed by atoms with van der Waals surface area (Å²) >= 11 is 0. The Balaban J connectivity index is 2.75. The molecule has 6 nitrogen and oxygen atoms in total. The summed E-state index contributed by atoms with van der Waals surface area (Å²) in [5.74, 6) is 0.892. The standard InChI is InChI=1S/C7H10N6/c1-4-3-5-11-7(9-2)12-13(5)6(8)10-4/h3H,1-2H3,(H2,8,10)(H,9,12). The topological polar surface area (TPSA) is 81.1 Å². The van der Waals surface area contributed by atoms with Crippen molar-refractivity contribution in [3.63, 3.8) is 0 Å². The van der Waals surface area contributed by atoms with E-state index in [-0.39, 0.29) is 0 Å². The first kappa shape index (κ1) is 7.78. The third-order valence-electron chi connectivity index (χ3n) is 1.70. The van der Waals surface area contributed by atoms with Crippen LogP contribution in [0.3, 0.4) is 0 Å². The maximum absolute atomic E-state index is 5.65. The van der Waals surface area contributed by atoms with Crippen molar-refractivity contribution in [2.75, 3.05) is 18.1 Å². The van der Waals surface area contributed by atoms with Crippen molar-refractivity contribution in [3.8, 4) is 0 Å². The Bertz CT molecular complexity index is 445. The van der Waals surface area contributed by atoms with Crippen LogP contribution < -0.4 is 11.1 Å². The summed E-state index contributed by atoms with van der Waals surface area (Å²) in [4.78, 5) is 8.23. The quantitative estimate of drug-likeness (QED) is 0.645. The lowest BCUT2D eigenvalue weighted by Crippen LogP contribution is -2.02. The van der Waals surface area contributed by atoms with Crippen molar-refractivity contribution in [1.29, 1.82) is 0 Å². The Morgan fingerprint density at radius 2 is 2.23 bits per heavy atom. The number of anilines is 2. The van der Waals surface area contributed by atoms with Crippen LogP contribution in [0.5, 0.6) is 0 Å². The average molecular weight is 178 g/mol. The van der Waals surface area contributed by atoms with Gasteiger partial charge in [0.2, 0.25) is 11.9 Å². The van der Waals surface area contributed by atoms with Gasteiger partial charge in [0.1, 0.15) is 0 Å². The van der Waals surface area contributed by atoms with E-state index < -0.39 is 0 Å². The van der Waals surface area contributed by atoms with E-state index in [0.717, 1.165) is 5.69 Å². The van der Waals surface area contributed by atoms with Gasteiger partial charge >= 0.3 is 0 Å². The number of aryl methyl sites for hydroxylation is 1. The Kier molecular flexibility index (Phi) is 1.54. The summed E-state index contributed by atoms with van der Waals surface area (Å²) < 4.78 is 1.50. The third-order valence-corrected chi connectivity index (χ3v) is 1.70. The second-order valence-corrected chi connectivity index (χ2v) is 2.71. The molecule has 0 atom stereocenters. The SMILES string of the molecule is CNc1nc2cc(C)nc(N)n2n1. The lowest BCUT2D eigenvalue weighted by Gasteiger charge is -1.96. The third kappa shape index (κ3) is 1.16. The monoisotopic (exact) mass is 178 g/mol. The Hall–Kier alpha value is -1.85. The molecule has 68 valence electrons. The number of nitrogen functional groups attached to an aromatic ring is 1. The molecule has 0 aliphatic rings. The molecule has 0 amide bonds. The first-order chi connectivity index (χ1) is 6.20. The smallest absolute Gasteiger partial charge is 0.242 e. The van der Waals surface area contributed by atoms with Gasteiger partial charge in [-0.3, -0.25) is 0 Å². The van der Waals surface area contributed by atoms with Crippen LogP contribution in [0.2, 0.25) is 0 Å². The van der Waals surface area contributed by atoms with Crippen LogP contribution in [0.15, 0.2) is 6.07 Å². The number of nitrogens with zero attached hydrogens (tertiary/aromatic N) is 4. The van der Waals surface area contributed by atoms with Gasteiger partial charge in [0.25, 0.3) is 0 Å². The van der Waals surface area contributed by atoms with Crippen LogP contribution in [0, 0.1) is 6.92 Å². The molecule has 2 heterocycles. The van der Waals surface area contributed by atoms with Gasteiger partial charge in [-0.25, -0.2) is 4.98 Å². The molecule has 0 aliphatic heterocycles. The molecular formula is C7H10N6. The highest BCUT2D eigenvalue weighted by Gasteiger charge is 2.05. The minimum absolute atomic E-state index is 0.351. The highest BCUT2D eigenvalue weighted by molar-refractivity contribution is 5.48. The number of hydrogen-bond acceptors (Lipinski definition) is 5. The van der Waals surface area contributed by atoms with E-state index in [9.17, 15) is 0 Å². The van der Waals surface area contributed by atoms with Gasteiger partial charge in [-0.2, -0.15) is 9.50 Å². The van der Waals surface area contributed by atoms with Gasteiger partial charge in [-0.05, 0) is 6.92 Å². The maximum Gasteiger partial charge on any atom is 0.242 e. The van der Waals surface area contributed by atoms with Gasteiger partial charge in [0.05, 0.1) is 0 Å². The molecule has 0 saturated heterocycles. The van der Waals surface area contributed by atoms with Gasteiger partial charge in [-0.1, -0.05) is 0 Å². The fourth-order valence-corrected chi connectivity index (χ4v) is 1.14. The summed E-state index contributed by atoms with van der Waals surface area (Å²) in [5.41, 5.74) is 7.18. The largest absolute Gasteiger partial charge is 0.368 e. The predicted molar refractivity (Wildman–Crippen MR) is 49.5 cm³/mol. The minimum atomic E-state index is 0.351. The molecule has 0 unspecified atom stereocenters. The molecule has 6 heteroatoms. The number of nitrogens with one attached hydrogen (secondary N) is 1. The molecule has 0 aliphatic carbocycles. The molecule has 2 aromatic heterocycles. The molecule has 0 radical (unpaired) electrons. The number of aromatic nitrogens is 4. The molecule has 0 spiro atoms. The van der Waals surface area contributed by atoms with Crippen LogP contribution in [-0.2, 0) is 0 Å². The molecule has 2 rings (SSSR count). The van der Waals surface area contributed by atoms with E-state index in [4.69, 9.17) is 5.73 Å². The molecule has 0 bridgehead atoms. The van der Waals surface area contributed by atoms with Crippen LogP contribution in [0.25, 0.3) is 5.65 Å². The molecule has 0 aromatic carbocycles. The van der Waals surface area contributed by atoms with E-state index >= 15 is 0 Å². The van der Waals surface area contributed by atoms with E-state index in [0.29, 0.717) is 17.5 Å². The molecule has 3 N–H and O–H groups in total. The van der Waals surface area contributed by atoms with E-state index in [2.05, 4.69) is 20.4 Å². The molecule has 0 saturated carbocycles. The zero-order chi connectivity index (χ0) is 9.42. The van der Waals surface area contributed by atoms with Crippen molar-refractivity contribution in [1.82, 2.24) is 19.6 Å². The van der Waals surface area contributed by atoms with Gasteiger partial charge < -0.3 is 11.1 Å². The maximum atomic E-state index is 5.65. The summed E-state index contributed by atoms with van der Waals surface area (Å²) in [6.07, 6.45) is 0. The molecule has 2 aromatic rings. The zero-order valence-corrected chi connectivity index (χ0v) is 7.44. The van der Waals surface area contributed by atoms with Crippen molar-refractivity contribution in [2.45, 2.75) is 6.92 Å². The normalized spacial score (nSPS) is 10.6. The first-order valence-corrected chi connectivity index (χ1v) is 3.88. The summed E-state index contributed by atoms with van der Waals surface area (Å²) in [5, 5.41) is 6.92. The lowest BCUT2D eigenvalue weighted by molar-refractivity contribution is 0.930. The van der Waals surface area contributed by atoms with E-state index in [1.54, 1.807) is 7.05 Å². The van der Waals surface area contributed by atoms with Crippen LogP contribution in [-0.4, -0.2) is 26.6 Å². The van der Waals surface area contributed by atoms with Crippen molar-refractivity contribution < 1.29 is 0 Å². The van der Waals surface area contributed by atoms with Gasteiger partial charge in [-0.15, -0.1) is 5.10 Å². The number of rotatable bonds is 1. The highest BCUT2D eigenvalue weighted by Crippen LogP contribution is 2.09. The van der Waals surface area contributed by atoms with Crippen LogP contribution in [0.1, 0.15) is 5.69 Å². The van der Waals surface area contributed by atoms with E-state index in [1.807, 2.05) is 13.0 Å². The molecule has 0 fully saturated rings. The number of hydrogen-bond donors (Lipinski definition) is 2. The Labute approximate surface area is 74.8 Å². The zero-order valence-electron chi connectivity index (χ0n) is 7.44. The number of fused-ring (bicyclic) bond motifs is 1. The second kappa shape index (κ2) is 2.58. The van der Waals surface area contributed by atoms with Crippen LogP contribution in [0.4, 0.5) is 11.9 Å². The lowest BCUT2D eigenvalue weighted by atomic mass is 10.4. The summed E-state index contributed by atoms with van der Waals surface area (Å²) in [7, 11) is 1.76. The Morgan fingerprint density at radius 3 is 2.92 bits per heavy atom. The van der Waals surface area contributed by atoms with Crippen molar-refractivity contribution >= 4 is 17.5 Å². The minimum Gasteiger partial charge on any atom is -0.368 e. The second-order valence-electron chi connectivity index (χ2n) is 2.71. The average Bonchev–Trinajstić information content (AvgIpc) is 2.47. The fraction of sp³-hybridized carbons (Fsp3) is 0.286.